The highest BCUT2D eigenvalue weighted by Crippen LogP contribution is 2.39. The maximum Gasteiger partial charge on any atom is 0.244 e. The number of hydrogen-bond donors (Lipinski definition) is 0. The van der Waals surface area contributed by atoms with E-state index in [-0.39, 0.29) is 18.4 Å². The van der Waals surface area contributed by atoms with Crippen molar-refractivity contribution in [2.75, 3.05) is 20.3 Å². The number of carbonyl (C=O) groups excluding carboxylic acids is 2. The van der Waals surface area contributed by atoms with Crippen molar-refractivity contribution in [2.45, 2.75) is 25.7 Å². The van der Waals surface area contributed by atoms with Crippen molar-refractivity contribution in [3.05, 3.63) is 0 Å². The van der Waals surface area contributed by atoms with Gasteiger partial charge < -0.3 is 9.80 Å². The SMILES string of the molecule is CN1CN(C(=O)C2(C#N)CCCC2)CC1=O. The van der Waals surface area contributed by atoms with Gasteiger partial charge in [0.05, 0.1) is 12.7 Å². The quantitative estimate of drug-likeness (QED) is 0.641. The van der Waals surface area contributed by atoms with E-state index in [2.05, 4.69) is 6.07 Å². The van der Waals surface area contributed by atoms with Crippen LogP contribution in [0.3, 0.4) is 0 Å². The van der Waals surface area contributed by atoms with Gasteiger partial charge >= 0.3 is 0 Å². The zero-order valence-electron chi connectivity index (χ0n) is 9.40. The van der Waals surface area contributed by atoms with E-state index in [0.717, 1.165) is 12.8 Å². The zero-order chi connectivity index (χ0) is 11.8. The summed E-state index contributed by atoms with van der Waals surface area (Å²) in [4.78, 5) is 26.6. The Morgan fingerprint density at radius 1 is 1.44 bits per heavy atom. The number of hydrogen-bond acceptors (Lipinski definition) is 3. The summed E-state index contributed by atoms with van der Waals surface area (Å²) in [6.45, 7) is 0.444. The van der Waals surface area contributed by atoms with E-state index in [1.54, 1.807) is 7.05 Å². The lowest BCUT2D eigenvalue weighted by Gasteiger charge is -2.25. The second-order valence-electron chi connectivity index (χ2n) is 4.64. The highest BCUT2D eigenvalue weighted by molar-refractivity contribution is 5.92. The molecule has 5 heteroatoms. The van der Waals surface area contributed by atoms with Gasteiger partial charge in [-0.2, -0.15) is 5.26 Å². The first-order valence-electron chi connectivity index (χ1n) is 5.54. The van der Waals surface area contributed by atoms with Crippen LogP contribution in [-0.2, 0) is 9.59 Å². The number of rotatable bonds is 1. The van der Waals surface area contributed by atoms with E-state index in [4.69, 9.17) is 0 Å². The zero-order valence-corrected chi connectivity index (χ0v) is 9.40. The summed E-state index contributed by atoms with van der Waals surface area (Å²) >= 11 is 0. The van der Waals surface area contributed by atoms with E-state index < -0.39 is 5.41 Å². The normalized spacial score (nSPS) is 23.6. The van der Waals surface area contributed by atoms with Crippen molar-refractivity contribution in [1.82, 2.24) is 9.80 Å². The molecule has 1 saturated heterocycles. The summed E-state index contributed by atoms with van der Waals surface area (Å²) in [6, 6.07) is 2.16. The lowest BCUT2D eigenvalue weighted by Crippen LogP contribution is -2.41. The Bertz CT molecular complexity index is 366. The molecule has 1 saturated carbocycles. The smallest absolute Gasteiger partial charge is 0.244 e. The molecule has 0 spiro atoms. The second-order valence-corrected chi connectivity index (χ2v) is 4.64. The van der Waals surface area contributed by atoms with Crippen molar-refractivity contribution < 1.29 is 9.59 Å². The van der Waals surface area contributed by atoms with Crippen LogP contribution < -0.4 is 0 Å². The number of likely N-dealkylation sites (N-methyl/N-ethyl adjacent to an activating group) is 1. The summed E-state index contributed by atoms with van der Waals surface area (Å²) in [6.07, 6.45) is 3.13. The Labute approximate surface area is 94.6 Å². The molecule has 86 valence electrons. The van der Waals surface area contributed by atoms with E-state index >= 15 is 0 Å². The minimum absolute atomic E-state index is 0.0561. The highest BCUT2D eigenvalue weighted by Gasteiger charge is 2.46. The van der Waals surface area contributed by atoms with E-state index in [1.165, 1.54) is 9.80 Å². The molecule has 0 atom stereocenters. The van der Waals surface area contributed by atoms with Crippen molar-refractivity contribution >= 4 is 11.8 Å². The van der Waals surface area contributed by atoms with Crippen molar-refractivity contribution in [3.63, 3.8) is 0 Å². The molecular formula is C11H15N3O2. The average molecular weight is 221 g/mol. The molecule has 0 N–H and O–H groups in total. The Morgan fingerprint density at radius 3 is 2.50 bits per heavy atom. The van der Waals surface area contributed by atoms with E-state index in [1.807, 2.05) is 0 Å². The summed E-state index contributed by atoms with van der Waals surface area (Å²) in [5, 5.41) is 9.18. The standard InChI is InChI=1S/C11H15N3O2/c1-13-8-14(6-9(13)15)10(16)11(7-12)4-2-3-5-11/h2-6,8H2,1H3. The largest absolute Gasteiger partial charge is 0.326 e. The van der Waals surface area contributed by atoms with Crippen molar-refractivity contribution in [2.24, 2.45) is 5.41 Å². The number of nitrogens with zero attached hydrogens (tertiary/aromatic N) is 3. The van der Waals surface area contributed by atoms with Crippen LogP contribution in [0.5, 0.6) is 0 Å². The van der Waals surface area contributed by atoms with Gasteiger partial charge in [0.2, 0.25) is 11.8 Å². The fourth-order valence-electron chi connectivity index (χ4n) is 2.46. The molecule has 0 aromatic rings. The van der Waals surface area contributed by atoms with Gasteiger partial charge in [-0.25, -0.2) is 0 Å². The molecule has 1 heterocycles. The van der Waals surface area contributed by atoms with Crippen LogP contribution in [0.25, 0.3) is 0 Å². The number of nitriles is 1. The Kier molecular flexibility index (Phi) is 2.58. The molecule has 2 amide bonds. The molecule has 0 aromatic carbocycles. The molecule has 5 nitrogen and oxygen atoms in total. The second kappa shape index (κ2) is 3.78. The summed E-state index contributed by atoms with van der Waals surface area (Å²) in [7, 11) is 1.67. The molecule has 1 aliphatic carbocycles. The van der Waals surface area contributed by atoms with Gasteiger partial charge in [0.25, 0.3) is 0 Å². The Balaban J connectivity index is 2.14. The summed E-state index contributed by atoms with van der Waals surface area (Å²) < 4.78 is 0. The van der Waals surface area contributed by atoms with Gasteiger partial charge in [-0.15, -0.1) is 0 Å². The van der Waals surface area contributed by atoms with Gasteiger partial charge in [-0.05, 0) is 12.8 Å². The van der Waals surface area contributed by atoms with Crippen LogP contribution in [0, 0.1) is 16.7 Å². The van der Waals surface area contributed by atoms with Gasteiger partial charge in [0, 0.05) is 7.05 Å². The monoisotopic (exact) mass is 221 g/mol. The summed E-state index contributed by atoms with van der Waals surface area (Å²) in [5.74, 6) is -0.218. The van der Waals surface area contributed by atoms with Crippen LogP contribution in [0.4, 0.5) is 0 Å². The van der Waals surface area contributed by atoms with Crippen molar-refractivity contribution in [3.8, 4) is 6.07 Å². The first kappa shape index (κ1) is 10.9. The Hall–Kier alpha value is -1.57. The maximum absolute atomic E-state index is 12.2. The predicted molar refractivity (Wildman–Crippen MR) is 55.9 cm³/mol. The molecule has 16 heavy (non-hydrogen) atoms. The van der Waals surface area contributed by atoms with Crippen LogP contribution in [-0.4, -0.2) is 41.9 Å². The third-order valence-corrected chi connectivity index (χ3v) is 3.50. The third kappa shape index (κ3) is 1.54. The molecule has 1 aliphatic heterocycles. The van der Waals surface area contributed by atoms with Gasteiger partial charge in [0.1, 0.15) is 12.0 Å². The fraction of sp³-hybridized carbons (Fsp3) is 0.727. The van der Waals surface area contributed by atoms with E-state index in [9.17, 15) is 14.9 Å². The molecule has 2 rings (SSSR count). The summed E-state index contributed by atoms with van der Waals surface area (Å²) in [5.41, 5.74) is -0.856. The Morgan fingerprint density at radius 2 is 2.06 bits per heavy atom. The molecule has 0 unspecified atom stereocenters. The first-order chi connectivity index (χ1) is 7.59. The predicted octanol–water partition coefficient (Wildman–Crippen LogP) is 0.328. The highest BCUT2D eigenvalue weighted by atomic mass is 16.2. The number of amides is 2. The minimum Gasteiger partial charge on any atom is -0.326 e. The molecule has 0 aromatic heterocycles. The third-order valence-electron chi connectivity index (χ3n) is 3.50. The fourth-order valence-corrected chi connectivity index (χ4v) is 2.46. The molecule has 0 radical (unpaired) electrons. The van der Waals surface area contributed by atoms with Crippen LogP contribution in [0.15, 0.2) is 0 Å². The average Bonchev–Trinajstić information content (AvgIpc) is 2.87. The minimum atomic E-state index is -0.856. The van der Waals surface area contributed by atoms with Gasteiger partial charge in [-0.1, -0.05) is 12.8 Å². The maximum atomic E-state index is 12.2. The molecular weight excluding hydrogens is 206 g/mol. The topological polar surface area (TPSA) is 64.4 Å². The lowest BCUT2D eigenvalue weighted by molar-refractivity contribution is -0.138. The first-order valence-corrected chi connectivity index (χ1v) is 5.54. The van der Waals surface area contributed by atoms with Gasteiger partial charge in [-0.3, -0.25) is 9.59 Å². The van der Waals surface area contributed by atoms with Crippen molar-refractivity contribution in [1.29, 1.82) is 5.26 Å². The van der Waals surface area contributed by atoms with E-state index in [0.29, 0.717) is 19.5 Å². The molecule has 2 aliphatic rings. The number of carbonyl (C=O) groups is 2. The lowest BCUT2D eigenvalue weighted by atomic mass is 9.86. The molecule has 0 bridgehead atoms. The van der Waals surface area contributed by atoms with Crippen LogP contribution in [0.2, 0.25) is 0 Å². The van der Waals surface area contributed by atoms with Gasteiger partial charge in [0.15, 0.2) is 0 Å². The van der Waals surface area contributed by atoms with Crippen LogP contribution in [0.1, 0.15) is 25.7 Å². The van der Waals surface area contributed by atoms with Crippen LogP contribution >= 0.6 is 0 Å². The molecule has 2 fully saturated rings.